The van der Waals surface area contributed by atoms with Crippen LogP contribution in [-0.4, -0.2) is 14.1 Å². The van der Waals surface area contributed by atoms with Crippen molar-refractivity contribution in [3.63, 3.8) is 0 Å². The Labute approximate surface area is 294 Å². The van der Waals surface area contributed by atoms with Gasteiger partial charge in [-0.1, -0.05) is 121 Å². The lowest BCUT2D eigenvalue weighted by Crippen LogP contribution is -1.95. The molecule has 0 saturated heterocycles. The Morgan fingerprint density at radius 1 is 0.314 bits per heavy atom. The number of nitrogens with zero attached hydrogens (tertiary/aromatic N) is 2. The Balaban J connectivity index is 1.15. The zero-order valence-corrected chi connectivity index (χ0v) is 27.7. The lowest BCUT2D eigenvalue weighted by atomic mass is 9.98. The zero-order valence-electron chi connectivity index (χ0n) is 27.7. The minimum atomic E-state index is 1.14. The Morgan fingerprint density at radius 3 is 1.20 bits per heavy atom. The fourth-order valence-electron chi connectivity index (χ4n) is 8.43. The van der Waals surface area contributed by atoms with Crippen molar-refractivity contribution in [1.82, 2.24) is 14.1 Å². The molecule has 3 nitrogen and oxygen atoms in total. The van der Waals surface area contributed by atoms with Crippen molar-refractivity contribution >= 4 is 65.4 Å². The van der Waals surface area contributed by atoms with Crippen LogP contribution in [-0.2, 0) is 0 Å². The van der Waals surface area contributed by atoms with Crippen molar-refractivity contribution in [3.8, 4) is 33.6 Å². The van der Waals surface area contributed by atoms with Crippen molar-refractivity contribution in [2.24, 2.45) is 0 Å². The van der Waals surface area contributed by atoms with Crippen LogP contribution in [0.3, 0.4) is 0 Å². The van der Waals surface area contributed by atoms with E-state index in [-0.39, 0.29) is 0 Å². The summed E-state index contributed by atoms with van der Waals surface area (Å²) < 4.78 is 4.84. The van der Waals surface area contributed by atoms with E-state index in [1.807, 2.05) is 0 Å². The van der Waals surface area contributed by atoms with E-state index in [2.05, 4.69) is 196 Å². The molecule has 0 aliphatic carbocycles. The first-order valence-electron chi connectivity index (χ1n) is 17.5. The summed E-state index contributed by atoms with van der Waals surface area (Å²) in [6, 6.07) is 66.1. The first kappa shape index (κ1) is 28.0. The average molecular weight is 650 g/mol. The largest absolute Gasteiger partial charge is 0.355 e. The van der Waals surface area contributed by atoms with Crippen LogP contribution < -0.4 is 0 Å². The van der Waals surface area contributed by atoms with Gasteiger partial charge in [0.25, 0.3) is 0 Å². The first-order chi connectivity index (χ1) is 25.3. The lowest BCUT2D eigenvalue weighted by Gasteiger charge is -2.12. The monoisotopic (exact) mass is 649 g/mol. The minimum absolute atomic E-state index is 1.14. The van der Waals surface area contributed by atoms with E-state index in [1.165, 1.54) is 76.6 Å². The third-order valence-electron chi connectivity index (χ3n) is 10.6. The Hall–Kier alpha value is -6.84. The molecule has 0 spiro atoms. The second-order valence-electron chi connectivity index (χ2n) is 13.4. The van der Waals surface area contributed by atoms with Gasteiger partial charge in [0.05, 0.1) is 22.1 Å². The average Bonchev–Trinajstić information content (AvgIpc) is 3.86. The standard InChI is InChI=1S/C48H31N3/c1-3-13-33(14-4-1)50-45-23-9-7-17-37(45)39-21-11-19-35(47(39)50)31-25-27-43-41(29-31)42-30-32(26-28-44(42)49-43)36-20-12-22-40-38-18-8-10-24-46(38)51(48(36)40)34-15-5-2-6-16-34/h1-30,49H. The van der Waals surface area contributed by atoms with Crippen molar-refractivity contribution in [3.05, 3.63) is 182 Å². The van der Waals surface area contributed by atoms with E-state index in [1.54, 1.807) is 0 Å². The van der Waals surface area contributed by atoms with E-state index in [0.29, 0.717) is 0 Å². The van der Waals surface area contributed by atoms with E-state index >= 15 is 0 Å². The number of para-hydroxylation sites is 6. The molecule has 0 aliphatic rings. The molecule has 0 radical (unpaired) electrons. The molecule has 3 heterocycles. The molecule has 0 amide bonds. The summed E-state index contributed by atoms with van der Waals surface area (Å²) in [6.07, 6.45) is 0. The molecule has 0 saturated carbocycles. The number of rotatable bonds is 4. The summed E-state index contributed by atoms with van der Waals surface area (Å²) in [7, 11) is 0. The van der Waals surface area contributed by atoms with Crippen molar-refractivity contribution in [1.29, 1.82) is 0 Å². The molecular weight excluding hydrogens is 619 g/mol. The van der Waals surface area contributed by atoms with Crippen LogP contribution in [0.4, 0.5) is 0 Å². The number of fused-ring (bicyclic) bond motifs is 9. The SMILES string of the molecule is c1ccc(-n2c3ccccc3c3cccc(-c4ccc5[nH]c6ccc(-c7cccc8c9ccccc9n(-c9ccccc9)c78)cc6c5c4)c32)cc1. The maximum absolute atomic E-state index is 3.72. The maximum atomic E-state index is 3.72. The summed E-state index contributed by atoms with van der Waals surface area (Å²) in [4.78, 5) is 3.72. The summed E-state index contributed by atoms with van der Waals surface area (Å²) in [5, 5.41) is 7.49. The fourth-order valence-corrected chi connectivity index (χ4v) is 8.43. The van der Waals surface area contributed by atoms with Gasteiger partial charge in [-0.25, -0.2) is 0 Å². The molecule has 11 rings (SSSR count). The van der Waals surface area contributed by atoms with Crippen LogP contribution in [0.1, 0.15) is 0 Å². The molecule has 0 fully saturated rings. The van der Waals surface area contributed by atoms with Gasteiger partial charge in [-0.2, -0.15) is 0 Å². The van der Waals surface area contributed by atoms with Gasteiger partial charge in [0.15, 0.2) is 0 Å². The highest BCUT2D eigenvalue weighted by Gasteiger charge is 2.19. The normalized spacial score (nSPS) is 11.9. The van der Waals surface area contributed by atoms with E-state index in [9.17, 15) is 0 Å². The number of nitrogens with one attached hydrogen (secondary N) is 1. The number of aromatic amines is 1. The van der Waals surface area contributed by atoms with Crippen LogP contribution in [0.25, 0.3) is 99.0 Å². The summed E-state index contributed by atoms with van der Waals surface area (Å²) >= 11 is 0. The topological polar surface area (TPSA) is 25.6 Å². The van der Waals surface area contributed by atoms with Gasteiger partial charge in [0.1, 0.15) is 0 Å². The van der Waals surface area contributed by atoms with Gasteiger partial charge in [-0.3, -0.25) is 0 Å². The van der Waals surface area contributed by atoms with Gasteiger partial charge < -0.3 is 14.1 Å². The molecule has 0 bridgehead atoms. The number of H-pyrrole nitrogens is 1. The Kier molecular flexibility index (Phi) is 5.96. The van der Waals surface area contributed by atoms with Gasteiger partial charge in [0.2, 0.25) is 0 Å². The van der Waals surface area contributed by atoms with Crippen LogP contribution in [0.15, 0.2) is 182 Å². The molecule has 3 aromatic heterocycles. The van der Waals surface area contributed by atoms with Gasteiger partial charge in [-0.05, 0) is 71.8 Å². The summed E-state index contributed by atoms with van der Waals surface area (Å²) in [6.45, 7) is 0. The second kappa shape index (κ2) is 10.8. The molecule has 238 valence electrons. The number of benzene rings is 8. The molecule has 51 heavy (non-hydrogen) atoms. The smallest absolute Gasteiger partial charge is 0.0619 e. The summed E-state index contributed by atoms with van der Waals surface area (Å²) in [5.74, 6) is 0. The van der Waals surface area contributed by atoms with Gasteiger partial charge in [0, 0.05) is 65.9 Å². The zero-order chi connectivity index (χ0) is 33.5. The Morgan fingerprint density at radius 2 is 0.725 bits per heavy atom. The molecule has 1 N–H and O–H groups in total. The number of hydrogen-bond donors (Lipinski definition) is 1. The first-order valence-corrected chi connectivity index (χ1v) is 17.5. The number of aromatic nitrogens is 3. The van der Waals surface area contributed by atoms with E-state index < -0.39 is 0 Å². The van der Waals surface area contributed by atoms with Crippen LogP contribution in [0, 0.1) is 0 Å². The van der Waals surface area contributed by atoms with Gasteiger partial charge in [-0.15, -0.1) is 0 Å². The fraction of sp³-hybridized carbons (Fsp3) is 0. The van der Waals surface area contributed by atoms with Crippen LogP contribution in [0.2, 0.25) is 0 Å². The molecule has 0 atom stereocenters. The third-order valence-corrected chi connectivity index (χ3v) is 10.6. The van der Waals surface area contributed by atoms with Crippen molar-refractivity contribution in [2.45, 2.75) is 0 Å². The minimum Gasteiger partial charge on any atom is -0.355 e. The molecule has 0 unspecified atom stereocenters. The lowest BCUT2D eigenvalue weighted by molar-refractivity contribution is 1.18. The van der Waals surface area contributed by atoms with Crippen molar-refractivity contribution < 1.29 is 0 Å². The molecule has 11 aromatic rings. The second-order valence-corrected chi connectivity index (χ2v) is 13.4. The highest BCUT2D eigenvalue weighted by Crippen LogP contribution is 2.42. The molecular formula is C48H31N3. The highest BCUT2D eigenvalue weighted by molar-refractivity contribution is 6.17. The highest BCUT2D eigenvalue weighted by atomic mass is 15.0. The molecule has 3 heteroatoms. The quantitative estimate of drug-likeness (QED) is 0.196. The maximum Gasteiger partial charge on any atom is 0.0619 e. The van der Waals surface area contributed by atoms with Crippen LogP contribution in [0.5, 0.6) is 0 Å². The van der Waals surface area contributed by atoms with Gasteiger partial charge >= 0.3 is 0 Å². The predicted octanol–water partition coefficient (Wildman–Crippen LogP) is 12.8. The number of hydrogen-bond acceptors (Lipinski definition) is 0. The molecule has 8 aromatic carbocycles. The predicted molar refractivity (Wildman–Crippen MR) is 215 cm³/mol. The van der Waals surface area contributed by atoms with Crippen molar-refractivity contribution in [2.75, 3.05) is 0 Å². The third kappa shape index (κ3) is 4.12. The van der Waals surface area contributed by atoms with Crippen LogP contribution >= 0.6 is 0 Å². The van der Waals surface area contributed by atoms with E-state index in [0.717, 1.165) is 22.4 Å². The molecule has 0 aliphatic heterocycles. The summed E-state index contributed by atoms with van der Waals surface area (Å²) in [5.41, 5.74) is 14.3. The van der Waals surface area contributed by atoms with E-state index in [4.69, 9.17) is 0 Å². The Bertz CT molecular complexity index is 2910.